The van der Waals surface area contributed by atoms with Gasteiger partial charge in [0.1, 0.15) is 12.4 Å². The maximum Gasteiger partial charge on any atom is 0.227 e. The molecule has 0 fully saturated rings. The van der Waals surface area contributed by atoms with Gasteiger partial charge in [-0.2, -0.15) is 0 Å². The molecule has 1 N–H and O–H groups in total. The Hall–Kier alpha value is -3.32. The van der Waals surface area contributed by atoms with Crippen molar-refractivity contribution in [1.29, 1.82) is 0 Å². The SMILES string of the molecule is O=C(CCC(=O)N1CCOc2ccccc21)Nc1ccccc1N1CCc2sccc2C1. The van der Waals surface area contributed by atoms with Gasteiger partial charge in [-0.25, -0.2) is 0 Å². The Kier molecular flexibility index (Phi) is 5.81. The van der Waals surface area contributed by atoms with E-state index in [1.807, 2.05) is 59.9 Å². The predicted octanol–water partition coefficient (Wildman–Crippen LogP) is 4.46. The van der Waals surface area contributed by atoms with E-state index >= 15 is 0 Å². The molecule has 5 rings (SSSR count). The van der Waals surface area contributed by atoms with Gasteiger partial charge < -0.3 is 19.9 Å². The number of rotatable bonds is 5. The van der Waals surface area contributed by atoms with Crippen molar-refractivity contribution in [2.45, 2.75) is 25.8 Å². The molecule has 0 aliphatic carbocycles. The minimum absolute atomic E-state index is 0.0646. The summed E-state index contributed by atoms with van der Waals surface area (Å²) in [5.41, 5.74) is 3.94. The molecule has 0 atom stereocenters. The highest BCUT2D eigenvalue weighted by Crippen LogP contribution is 2.33. The molecule has 3 heterocycles. The van der Waals surface area contributed by atoms with Gasteiger partial charge in [-0.05, 0) is 47.7 Å². The smallest absolute Gasteiger partial charge is 0.227 e. The van der Waals surface area contributed by atoms with Crippen LogP contribution < -0.4 is 19.9 Å². The first kappa shape index (κ1) is 20.6. The quantitative estimate of drug-likeness (QED) is 0.628. The van der Waals surface area contributed by atoms with Gasteiger partial charge in [0.05, 0.1) is 23.6 Å². The molecule has 2 aromatic carbocycles. The van der Waals surface area contributed by atoms with Crippen molar-refractivity contribution in [2.24, 2.45) is 0 Å². The van der Waals surface area contributed by atoms with E-state index in [4.69, 9.17) is 4.74 Å². The fourth-order valence-corrected chi connectivity index (χ4v) is 5.20. The van der Waals surface area contributed by atoms with Crippen LogP contribution in [0.2, 0.25) is 0 Å². The molecule has 6 nitrogen and oxygen atoms in total. The second-order valence-corrected chi connectivity index (χ2v) is 8.97. The molecule has 0 saturated carbocycles. The van der Waals surface area contributed by atoms with Crippen LogP contribution in [0.25, 0.3) is 0 Å². The zero-order valence-corrected chi connectivity index (χ0v) is 18.6. The number of benzene rings is 2. The Morgan fingerprint density at radius 3 is 2.69 bits per heavy atom. The minimum atomic E-state index is -0.152. The highest BCUT2D eigenvalue weighted by molar-refractivity contribution is 7.10. The van der Waals surface area contributed by atoms with Crippen molar-refractivity contribution in [3.05, 3.63) is 70.4 Å². The number of para-hydroxylation sites is 4. The van der Waals surface area contributed by atoms with Crippen LogP contribution in [0.3, 0.4) is 0 Å². The fourth-order valence-electron chi connectivity index (χ4n) is 4.31. The van der Waals surface area contributed by atoms with Gasteiger partial charge >= 0.3 is 0 Å². The van der Waals surface area contributed by atoms with Crippen LogP contribution in [0, 0.1) is 0 Å². The second-order valence-electron chi connectivity index (χ2n) is 7.97. The molecular weight excluding hydrogens is 422 g/mol. The van der Waals surface area contributed by atoms with Crippen LogP contribution in [-0.2, 0) is 22.6 Å². The van der Waals surface area contributed by atoms with Gasteiger partial charge in [0.2, 0.25) is 11.8 Å². The monoisotopic (exact) mass is 447 g/mol. The van der Waals surface area contributed by atoms with Crippen molar-refractivity contribution in [1.82, 2.24) is 0 Å². The van der Waals surface area contributed by atoms with E-state index in [1.54, 1.807) is 4.90 Å². The summed E-state index contributed by atoms with van der Waals surface area (Å²) in [6, 6.07) is 17.6. The number of hydrogen-bond acceptors (Lipinski definition) is 5. The molecule has 0 spiro atoms. The zero-order chi connectivity index (χ0) is 21.9. The van der Waals surface area contributed by atoms with Crippen LogP contribution in [0.1, 0.15) is 23.3 Å². The Bertz CT molecular complexity index is 1140. The van der Waals surface area contributed by atoms with E-state index in [1.165, 1.54) is 10.4 Å². The Labute approximate surface area is 191 Å². The lowest BCUT2D eigenvalue weighted by molar-refractivity contribution is -0.122. The average molecular weight is 448 g/mol. The molecule has 0 saturated heterocycles. The number of thiophene rings is 1. The number of nitrogens with one attached hydrogen (secondary N) is 1. The summed E-state index contributed by atoms with van der Waals surface area (Å²) < 4.78 is 5.62. The predicted molar refractivity (Wildman–Crippen MR) is 128 cm³/mol. The third-order valence-corrected chi connectivity index (χ3v) is 6.94. The minimum Gasteiger partial charge on any atom is -0.490 e. The van der Waals surface area contributed by atoms with E-state index in [2.05, 4.69) is 21.7 Å². The number of anilines is 3. The molecular formula is C25H25N3O3S. The van der Waals surface area contributed by atoms with Gasteiger partial charge in [0.15, 0.2) is 0 Å². The highest BCUT2D eigenvalue weighted by atomic mass is 32.1. The summed E-state index contributed by atoms with van der Waals surface area (Å²) in [4.78, 5) is 31.0. The summed E-state index contributed by atoms with van der Waals surface area (Å²) in [7, 11) is 0. The number of carbonyl (C=O) groups excluding carboxylic acids is 2. The summed E-state index contributed by atoms with van der Waals surface area (Å²) in [6.45, 7) is 2.74. The standard InChI is InChI=1S/C25H25N3O3S/c29-24(9-10-25(30)28-14-15-31-22-8-4-3-7-21(22)28)26-19-5-1-2-6-20(19)27-13-11-23-18(17-27)12-16-32-23/h1-8,12,16H,9-11,13-15,17H2,(H,26,29). The van der Waals surface area contributed by atoms with Crippen LogP contribution in [0.15, 0.2) is 60.0 Å². The van der Waals surface area contributed by atoms with Crippen LogP contribution >= 0.6 is 11.3 Å². The Balaban J connectivity index is 1.22. The molecule has 2 aliphatic heterocycles. The molecule has 164 valence electrons. The fraction of sp³-hybridized carbons (Fsp3) is 0.280. The van der Waals surface area contributed by atoms with Crippen molar-refractivity contribution in [3.8, 4) is 5.75 Å². The van der Waals surface area contributed by atoms with E-state index in [9.17, 15) is 9.59 Å². The number of ether oxygens (including phenoxy) is 1. The van der Waals surface area contributed by atoms with Gasteiger partial charge in [0, 0.05) is 30.8 Å². The molecule has 1 aromatic heterocycles. The number of nitrogens with zero attached hydrogens (tertiary/aromatic N) is 2. The third kappa shape index (κ3) is 4.21. The molecule has 32 heavy (non-hydrogen) atoms. The summed E-state index contributed by atoms with van der Waals surface area (Å²) in [5.74, 6) is 0.492. The van der Waals surface area contributed by atoms with Gasteiger partial charge in [-0.15, -0.1) is 11.3 Å². The maximum atomic E-state index is 12.8. The van der Waals surface area contributed by atoms with Crippen LogP contribution in [0.5, 0.6) is 5.75 Å². The number of hydrogen-bond donors (Lipinski definition) is 1. The summed E-state index contributed by atoms with van der Waals surface area (Å²) in [5, 5.41) is 5.17. The van der Waals surface area contributed by atoms with E-state index in [-0.39, 0.29) is 24.7 Å². The third-order valence-electron chi connectivity index (χ3n) is 5.92. The molecule has 0 bridgehead atoms. The van der Waals surface area contributed by atoms with E-state index in [0.717, 1.165) is 36.6 Å². The van der Waals surface area contributed by atoms with Crippen molar-refractivity contribution in [3.63, 3.8) is 0 Å². The lowest BCUT2D eigenvalue weighted by Crippen LogP contribution is -2.38. The molecule has 3 aromatic rings. The van der Waals surface area contributed by atoms with E-state index < -0.39 is 0 Å². The number of amides is 2. The first-order valence-corrected chi connectivity index (χ1v) is 11.8. The van der Waals surface area contributed by atoms with Crippen LogP contribution in [0.4, 0.5) is 17.1 Å². The average Bonchev–Trinajstić information content (AvgIpc) is 3.30. The second kappa shape index (κ2) is 9.04. The molecule has 0 unspecified atom stereocenters. The summed E-state index contributed by atoms with van der Waals surface area (Å²) in [6.07, 6.45) is 1.32. The molecule has 2 amide bonds. The van der Waals surface area contributed by atoms with Gasteiger partial charge in [-0.3, -0.25) is 9.59 Å². The number of fused-ring (bicyclic) bond motifs is 2. The molecule has 2 aliphatic rings. The summed E-state index contributed by atoms with van der Waals surface area (Å²) >= 11 is 1.81. The van der Waals surface area contributed by atoms with Crippen molar-refractivity contribution >= 4 is 40.2 Å². The first-order chi connectivity index (χ1) is 15.7. The lowest BCUT2D eigenvalue weighted by atomic mass is 10.1. The first-order valence-electron chi connectivity index (χ1n) is 10.9. The van der Waals surface area contributed by atoms with E-state index in [0.29, 0.717) is 18.9 Å². The Morgan fingerprint density at radius 2 is 1.78 bits per heavy atom. The normalized spacial score (nSPS) is 14.9. The molecule has 0 radical (unpaired) electrons. The van der Waals surface area contributed by atoms with Crippen molar-refractivity contribution < 1.29 is 14.3 Å². The lowest BCUT2D eigenvalue weighted by Gasteiger charge is -2.31. The highest BCUT2D eigenvalue weighted by Gasteiger charge is 2.24. The van der Waals surface area contributed by atoms with Gasteiger partial charge in [0.25, 0.3) is 0 Å². The van der Waals surface area contributed by atoms with Gasteiger partial charge in [-0.1, -0.05) is 24.3 Å². The maximum absolute atomic E-state index is 12.8. The Morgan fingerprint density at radius 1 is 0.969 bits per heavy atom. The number of carbonyl (C=O) groups is 2. The van der Waals surface area contributed by atoms with Crippen molar-refractivity contribution in [2.75, 3.05) is 34.8 Å². The largest absolute Gasteiger partial charge is 0.490 e. The van der Waals surface area contributed by atoms with Crippen LogP contribution in [-0.4, -0.2) is 31.5 Å². The molecule has 7 heteroatoms. The zero-order valence-electron chi connectivity index (χ0n) is 17.8. The topological polar surface area (TPSA) is 61.9 Å².